The van der Waals surface area contributed by atoms with Gasteiger partial charge < -0.3 is 14.2 Å². The molecule has 0 bridgehead atoms. The van der Waals surface area contributed by atoms with Crippen LogP contribution in [-0.4, -0.2) is 37.2 Å². The molecule has 6 heteroatoms. The monoisotopic (exact) mass is 1110 g/mol. The molecule has 1 unspecified atom stereocenters. The van der Waals surface area contributed by atoms with Crippen LogP contribution in [0.1, 0.15) is 310 Å². The molecule has 0 spiro atoms. The van der Waals surface area contributed by atoms with E-state index in [9.17, 15) is 14.4 Å². The average molecular weight is 1110 g/mol. The molecule has 80 heavy (non-hydrogen) atoms. The first-order chi connectivity index (χ1) is 39.5. The van der Waals surface area contributed by atoms with Crippen molar-refractivity contribution in [3.63, 3.8) is 0 Å². The van der Waals surface area contributed by atoms with Crippen LogP contribution in [0.25, 0.3) is 0 Å². The van der Waals surface area contributed by atoms with Crippen molar-refractivity contribution in [3.8, 4) is 0 Å². The first kappa shape index (κ1) is 75.8. The van der Waals surface area contributed by atoms with Crippen molar-refractivity contribution >= 4 is 17.9 Å². The van der Waals surface area contributed by atoms with Gasteiger partial charge in [-0.2, -0.15) is 0 Å². The summed E-state index contributed by atoms with van der Waals surface area (Å²) in [5, 5.41) is 0. The molecule has 0 heterocycles. The smallest absolute Gasteiger partial charge is 0.306 e. The summed E-state index contributed by atoms with van der Waals surface area (Å²) >= 11 is 0. The minimum Gasteiger partial charge on any atom is -0.462 e. The van der Waals surface area contributed by atoms with Gasteiger partial charge in [0.1, 0.15) is 13.2 Å². The minimum absolute atomic E-state index is 0.0790. The first-order valence-electron chi connectivity index (χ1n) is 33.5. The van der Waals surface area contributed by atoms with Gasteiger partial charge in [0.15, 0.2) is 6.10 Å². The van der Waals surface area contributed by atoms with Crippen molar-refractivity contribution in [1.82, 2.24) is 0 Å². The van der Waals surface area contributed by atoms with E-state index in [0.717, 1.165) is 122 Å². The number of esters is 3. The summed E-state index contributed by atoms with van der Waals surface area (Å²) < 4.78 is 16.9. The van der Waals surface area contributed by atoms with Crippen LogP contribution in [0.5, 0.6) is 0 Å². The number of hydrogen-bond donors (Lipinski definition) is 0. The number of ether oxygens (including phenoxy) is 3. The maximum absolute atomic E-state index is 12.9. The number of allylic oxidation sites excluding steroid dienone is 20. The largest absolute Gasteiger partial charge is 0.462 e. The first-order valence-corrected chi connectivity index (χ1v) is 33.5. The van der Waals surface area contributed by atoms with Crippen LogP contribution in [-0.2, 0) is 28.6 Å². The molecule has 0 N–H and O–H groups in total. The Morgan fingerprint density at radius 2 is 0.487 bits per heavy atom. The van der Waals surface area contributed by atoms with E-state index in [-0.39, 0.29) is 31.1 Å². The summed E-state index contributed by atoms with van der Waals surface area (Å²) in [7, 11) is 0. The summed E-state index contributed by atoms with van der Waals surface area (Å²) in [4.78, 5) is 38.2. The van der Waals surface area contributed by atoms with Gasteiger partial charge in [-0.3, -0.25) is 14.4 Å². The Labute approximate surface area is 494 Å². The quantitative estimate of drug-likeness (QED) is 0.0261. The number of hydrogen-bond acceptors (Lipinski definition) is 6. The second kappa shape index (κ2) is 67.3. The fraction of sp³-hybridized carbons (Fsp3) is 0.689. The van der Waals surface area contributed by atoms with Crippen LogP contribution in [0, 0.1) is 0 Å². The molecule has 0 rings (SSSR count). The Kier molecular flexibility index (Phi) is 63.8. The van der Waals surface area contributed by atoms with Gasteiger partial charge in [0.25, 0.3) is 0 Å². The normalized spacial score (nSPS) is 12.9. The summed E-state index contributed by atoms with van der Waals surface area (Å²) in [6.45, 7) is 6.40. The van der Waals surface area contributed by atoms with Crippen molar-refractivity contribution in [3.05, 3.63) is 122 Å². The molecule has 0 aliphatic carbocycles. The standard InChI is InChI=1S/C74H124O6/c1-4-7-10-13-16-19-21-23-25-27-29-31-33-35-36-37-38-40-41-43-45-47-49-51-53-55-58-61-64-67-73(76)79-70-71(69-78-72(75)66-63-60-57-18-15-12-9-6-3)80-74(77)68-65-62-59-56-54-52-50-48-46-44-42-39-34-32-30-28-26-24-22-20-17-14-11-8-5-2/h7-8,10-11,16-17,19-20,23-26,29-32,35-36,38,40,71H,4-6,9,12-15,18,21-22,27-28,33-34,37,39,41-70H2,1-3H3/b10-7-,11-8-,19-16-,20-17-,25-23-,26-24-,31-29-,32-30-,36-35-,40-38-. The Morgan fingerprint density at radius 3 is 0.762 bits per heavy atom. The second-order valence-electron chi connectivity index (χ2n) is 22.0. The Bertz CT molecular complexity index is 1650. The highest BCUT2D eigenvalue weighted by molar-refractivity contribution is 5.71. The molecule has 0 aromatic carbocycles. The van der Waals surface area contributed by atoms with Gasteiger partial charge in [0, 0.05) is 19.3 Å². The van der Waals surface area contributed by atoms with Crippen molar-refractivity contribution in [2.45, 2.75) is 316 Å². The Morgan fingerprint density at radius 1 is 0.263 bits per heavy atom. The predicted octanol–water partition coefficient (Wildman–Crippen LogP) is 23.2. The fourth-order valence-corrected chi connectivity index (χ4v) is 9.26. The highest BCUT2D eigenvalue weighted by Gasteiger charge is 2.19. The molecule has 0 aromatic heterocycles. The lowest BCUT2D eigenvalue weighted by atomic mass is 10.0. The topological polar surface area (TPSA) is 78.9 Å². The van der Waals surface area contributed by atoms with E-state index in [2.05, 4.69) is 142 Å². The number of rotatable bonds is 60. The summed E-state index contributed by atoms with van der Waals surface area (Å²) in [5.74, 6) is -0.882. The number of carbonyl (C=O) groups excluding carboxylic acids is 3. The van der Waals surface area contributed by atoms with Crippen molar-refractivity contribution in [2.24, 2.45) is 0 Å². The zero-order valence-corrected chi connectivity index (χ0v) is 52.3. The zero-order chi connectivity index (χ0) is 57.8. The van der Waals surface area contributed by atoms with E-state index in [1.807, 2.05) is 0 Å². The van der Waals surface area contributed by atoms with Crippen molar-refractivity contribution in [2.75, 3.05) is 13.2 Å². The lowest BCUT2D eigenvalue weighted by Gasteiger charge is -2.18. The van der Waals surface area contributed by atoms with Crippen LogP contribution in [0.4, 0.5) is 0 Å². The van der Waals surface area contributed by atoms with E-state index < -0.39 is 6.10 Å². The second-order valence-corrected chi connectivity index (χ2v) is 22.0. The van der Waals surface area contributed by atoms with E-state index in [0.29, 0.717) is 19.3 Å². The molecule has 0 fully saturated rings. The predicted molar refractivity (Wildman–Crippen MR) is 348 cm³/mol. The van der Waals surface area contributed by atoms with Gasteiger partial charge in [-0.25, -0.2) is 0 Å². The molecule has 0 saturated heterocycles. The van der Waals surface area contributed by atoms with Crippen LogP contribution in [0.3, 0.4) is 0 Å². The highest BCUT2D eigenvalue weighted by atomic mass is 16.6. The van der Waals surface area contributed by atoms with Crippen LogP contribution in [0.2, 0.25) is 0 Å². The van der Waals surface area contributed by atoms with E-state index in [4.69, 9.17) is 14.2 Å². The molecule has 0 aliphatic rings. The molecule has 1 atom stereocenters. The van der Waals surface area contributed by atoms with Gasteiger partial charge in [0.2, 0.25) is 0 Å². The van der Waals surface area contributed by atoms with Gasteiger partial charge in [-0.05, 0) is 109 Å². The van der Waals surface area contributed by atoms with E-state index in [1.165, 1.54) is 148 Å². The summed E-state index contributed by atoms with van der Waals surface area (Å²) in [5.41, 5.74) is 0. The van der Waals surface area contributed by atoms with E-state index >= 15 is 0 Å². The Hall–Kier alpha value is -4.19. The van der Waals surface area contributed by atoms with Crippen LogP contribution >= 0.6 is 0 Å². The number of carbonyl (C=O) groups is 3. The lowest BCUT2D eigenvalue weighted by Crippen LogP contribution is -2.30. The van der Waals surface area contributed by atoms with Crippen molar-refractivity contribution < 1.29 is 28.6 Å². The summed E-state index contributed by atoms with van der Waals surface area (Å²) in [6.07, 6.45) is 93.7. The van der Waals surface area contributed by atoms with E-state index in [1.54, 1.807) is 0 Å². The molecule has 0 radical (unpaired) electrons. The lowest BCUT2D eigenvalue weighted by molar-refractivity contribution is -0.167. The third-order valence-electron chi connectivity index (χ3n) is 14.2. The maximum atomic E-state index is 12.9. The van der Waals surface area contributed by atoms with Crippen LogP contribution in [0.15, 0.2) is 122 Å². The zero-order valence-electron chi connectivity index (χ0n) is 52.3. The third kappa shape index (κ3) is 64.6. The fourth-order valence-electron chi connectivity index (χ4n) is 9.26. The molecule has 6 nitrogen and oxygen atoms in total. The molecule has 0 aromatic rings. The maximum Gasteiger partial charge on any atom is 0.306 e. The number of unbranched alkanes of at least 4 members (excludes halogenated alkanes) is 29. The molecule has 0 amide bonds. The highest BCUT2D eigenvalue weighted by Crippen LogP contribution is 2.16. The average Bonchev–Trinajstić information content (AvgIpc) is 3.46. The molecular weight excluding hydrogens is 985 g/mol. The SMILES string of the molecule is CC/C=C\C/C=C\C/C=C\C/C=C\C/C=C\C/C=C\CCCCCCCCCCCCC(=O)OCC(COC(=O)CCCCCCCCCC)OC(=O)CCCCCCCCCCCCCC/C=C\C/C=C\C/C=C\C/C=C\CC. The van der Waals surface area contributed by atoms with Crippen LogP contribution < -0.4 is 0 Å². The molecule has 0 aliphatic heterocycles. The minimum atomic E-state index is -0.781. The Balaban J connectivity index is 4.17. The molecule has 456 valence electrons. The van der Waals surface area contributed by atoms with Gasteiger partial charge in [0.05, 0.1) is 0 Å². The molecule has 0 saturated carbocycles. The van der Waals surface area contributed by atoms with Gasteiger partial charge in [-0.15, -0.1) is 0 Å². The van der Waals surface area contributed by atoms with Gasteiger partial charge in [-0.1, -0.05) is 303 Å². The van der Waals surface area contributed by atoms with Crippen molar-refractivity contribution in [1.29, 1.82) is 0 Å². The summed E-state index contributed by atoms with van der Waals surface area (Å²) in [6, 6.07) is 0. The third-order valence-corrected chi connectivity index (χ3v) is 14.2. The van der Waals surface area contributed by atoms with Gasteiger partial charge >= 0.3 is 17.9 Å². The molecular formula is C74H124O6.